The summed E-state index contributed by atoms with van der Waals surface area (Å²) in [6.45, 7) is 10.4. The van der Waals surface area contributed by atoms with E-state index in [0.717, 1.165) is 12.5 Å². The summed E-state index contributed by atoms with van der Waals surface area (Å²) in [5.74, 6) is 0.906. The van der Waals surface area contributed by atoms with Gasteiger partial charge in [0.1, 0.15) is 0 Å². The number of piperidine rings is 1. The van der Waals surface area contributed by atoms with Crippen LogP contribution in [0.15, 0.2) is 0 Å². The molecule has 0 bridgehead atoms. The molecule has 0 aromatic heterocycles. The van der Waals surface area contributed by atoms with Gasteiger partial charge in [0.2, 0.25) is 0 Å². The molecule has 1 aliphatic rings. The van der Waals surface area contributed by atoms with E-state index in [1.54, 1.807) is 0 Å². The van der Waals surface area contributed by atoms with Crippen LogP contribution < -0.4 is 5.73 Å². The molecular weight excluding hydrogens is 210 g/mol. The SMILES string of the molecule is CN(C)CC1CCN(CCC(C)(C)CN)CC1. The van der Waals surface area contributed by atoms with Gasteiger partial charge in [0.15, 0.2) is 0 Å². The summed E-state index contributed by atoms with van der Waals surface area (Å²) in [4.78, 5) is 4.93. The monoisotopic (exact) mass is 241 g/mol. The second-order valence-corrected chi connectivity index (χ2v) is 6.67. The second-order valence-electron chi connectivity index (χ2n) is 6.67. The molecule has 1 rings (SSSR count). The fourth-order valence-electron chi connectivity index (χ4n) is 2.47. The van der Waals surface area contributed by atoms with E-state index in [1.807, 2.05) is 0 Å². The van der Waals surface area contributed by atoms with Crippen LogP contribution in [0.5, 0.6) is 0 Å². The van der Waals surface area contributed by atoms with Crippen molar-refractivity contribution in [3.63, 3.8) is 0 Å². The van der Waals surface area contributed by atoms with Crippen LogP contribution in [0.3, 0.4) is 0 Å². The average Bonchev–Trinajstić information content (AvgIpc) is 2.28. The topological polar surface area (TPSA) is 32.5 Å². The Kier molecular flexibility index (Phi) is 5.90. The number of hydrogen-bond acceptors (Lipinski definition) is 3. The van der Waals surface area contributed by atoms with E-state index >= 15 is 0 Å². The molecule has 1 heterocycles. The molecule has 0 unspecified atom stereocenters. The van der Waals surface area contributed by atoms with Crippen LogP contribution in [-0.2, 0) is 0 Å². The molecule has 0 aliphatic carbocycles. The van der Waals surface area contributed by atoms with E-state index in [-0.39, 0.29) is 0 Å². The van der Waals surface area contributed by atoms with E-state index in [4.69, 9.17) is 5.73 Å². The molecule has 2 N–H and O–H groups in total. The van der Waals surface area contributed by atoms with Crippen molar-refractivity contribution >= 4 is 0 Å². The number of nitrogens with zero attached hydrogens (tertiary/aromatic N) is 2. The first-order valence-corrected chi connectivity index (χ1v) is 7.00. The third-order valence-electron chi connectivity index (χ3n) is 3.99. The summed E-state index contributed by atoms with van der Waals surface area (Å²) in [5, 5.41) is 0. The predicted molar refractivity (Wildman–Crippen MR) is 75.2 cm³/mol. The molecule has 3 heteroatoms. The first-order valence-electron chi connectivity index (χ1n) is 7.00. The molecule has 0 aromatic carbocycles. The summed E-state index contributed by atoms with van der Waals surface area (Å²) >= 11 is 0. The second kappa shape index (κ2) is 6.72. The van der Waals surface area contributed by atoms with Crippen LogP contribution in [0.2, 0.25) is 0 Å². The van der Waals surface area contributed by atoms with E-state index in [2.05, 4.69) is 37.7 Å². The van der Waals surface area contributed by atoms with Crippen molar-refractivity contribution in [3.8, 4) is 0 Å². The fraction of sp³-hybridized carbons (Fsp3) is 1.00. The molecule has 102 valence electrons. The van der Waals surface area contributed by atoms with E-state index in [1.165, 1.54) is 45.4 Å². The minimum absolute atomic E-state index is 0.306. The highest BCUT2D eigenvalue weighted by Crippen LogP contribution is 2.22. The minimum Gasteiger partial charge on any atom is -0.330 e. The highest BCUT2D eigenvalue weighted by molar-refractivity contribution is 4.77. The van der Waals surface area contributed by atoms with Gasteiger partial charge in [-0.3, -0.25) is 0 Å². The molecule has 0 aromatic rings. The summed E-state index contributed by atoms with van der Waals surface area (Å²) in [6, 6.07) is 0. The van der Waals surface area contributed by atoms with Gasteiger partial charge in [0, 0.05) is 6.54 Å². The summed E-state index contributed by atoms with van der Waals surface area (Å²) in [7, 11) is 4.35. The number of nitrogens with two attached hydrogens (primary N) is 1. The van der Waals surface area contributed by atoms with Crippen molar-refractivity contribution < 1.29 is 0 Å². The average molecular weight is 241 g/mol. The van der Waals surface area contributed by atoms with Gasteiger partial charge in [-0.05, 0) is 70.9 Å². The molecule has 1 saturated heterocycles. The van der Waals surface area contributed by atoms with Crippen LogP contribution in [0, 0.1) is 11.3 Å². The number of hydrogen-bond donors (Lipinski definition) is 1. The minimum atomic E-state index is 0.306. The van der Waals surface area contributed by atoms with Crippen LogP contribution in [0.4, 0.5) is 0 Å². The summed E-state index contributed by atoms with van der Waals surface area (Å²) < 4.78 is 0. The number of likely N-dealkylation sites (tertiary alicyclic amines) is 1. The zero-order valence-electron chi connectivity index (χ0n) is 12.2. The van der Waals surface area contributed by atoms with Gasteiger partial charge in [-0.1, -0.05) is 13.8 Å². The molecule has 1 aliphatic heterocycles. The molecule has 0 amide bonds. The van der Waals surface area contributed by atoms with Gasteiger partial charge in [0.25, 0.3) is 0 Å². The van der Waals surface area contributed by atoms with Gasteiger partial charge in [0.05, 0.1) is 0 Å². The molecule has 0 spiro atoms. The van der Waals surface area contributed by atoms with Crippen LogP contribution in [0.25, 0.3) is 0 Å². The zero-order valence-corrected chi connectivity index (χ0v) is 12.2. The van der Waals surface area contributed by atoms with E-state index < -0.39 is 0 Å². The van der Waals surface area contributed by atoms with Gasteiger partial charge in [-0.2, -0.15) is 0 Å². The molecule has 1 fully saturated rings. The summed E-state index contributed by atoms with van der Waals surface area (Å²) in [6.07, 6.45) is 3.95. The van der Waals surface area contributed by atoms with Gasteiger partial charge >= 0.3 is 0 Å². The molecular formula is C14H31N3. The Bertz CT molecular complexity index is 206. The van der Waals surface area contributed by atoms with Crippen molar-refractivity contribution in [1.29, 1.82) is 0 Å². The molecule has 3 nitrogen and oxygen atoms in total. The van der Waals surface area contributed by atoms with E-state index in [9.17, 15) is 0 Å². The van der Waals surface area contributed by atoms with Crippen LogP contribution >= 0.6 is 0 Å². The summed E-state index contributed by atoms with van der Waals surface area (Å²) in [5.41, 5.74) is 6.08. The maximum atomic E-state index is 5.77. The smallest absolute Gasteiger partial charge is 0.000451 e. The Morgan fingerprint density at radius 3 is 2.29 bits per heavy atom. The van der Waals surface area contributed by atoms with Gasteiger partial charge in [-0.15, -0.1) is 0 Å². The van der Waals surface area contributed by atoms with Crippen LogP contribution in [-0.4, -0.2) is 56.6 Å². The van der Waals surface area contributed by atoms with Crippen molar-refractivity contribution in [2.24, 2.45) is 17.1 Å². The zero-order chi connectivity index (χ0) is 12.9. The lowest BCUT2D eigenvalue weighted by atomic mass is 9.88. The first-order chi connectivity index (χ1) is 7.93. The Morgan fingerprint density at radius 1 is 1.24 bits per heavy atom. The van der Waals surface area contributed by atoms with Crippen molar-refractivity contribution in [2.75, 3.05) is 46.8 Å². The first kappa shape index (κ1) is 14.9. The Labute approximate surface area is 107 Å². The lowest BCUT2D eigenvalue weighted by Crippen LogP contribution is -2.39. The Balaban J connectivity index is 2.19. The lowest BCUT2D eigenvalue weighted by molar-refractivity contribution is 0.145. The fourth-order valence-corrected chi connectivity index (χ4v) is 2.47. The molecule has 0 atom stereocenters. The standard InChI is InChI=1S/C14H31N3/c1-14(2,12-15)7-10-17-8-5-13(6-9-17)11-16(3)4/h13H,5-12,15H2,1-4H3. The lowest BCUT2D eigenvalue weighted by Gasteiger charge is -2.35. The predicted octanol–water partition coefficient (Wildman–Crippen LogP) is 1.64. The highest BCUT2D eigenvalue weighted by Gasteiger charge is 2.22. The molecule has 0 radical (unpaired) electrons. The highest BCUT2D eigenvalue weighted by atomic mass is 15.1. The largest absolute Gasteiger partial charge is 0.330 e. The van der Waals surface area contributed by atoms with Crippen molar-refractivity contribution in [3.05, 3.63) is 0 Å². The maximum absolute atomic E-state index is 5.77. The third kappa shape index (κ3) is 5.84. The third-order valence-corrected chi connectivity index (χ3v) is 3.99. The van der Waals surface area contributed by atoms with Gasteiger partial charge < -0.3 is 15.5 Å². The van der Waals surface area contributed by atoms with Crippen molar-refractivity contribution in [1.82, 2.24) is 9.80 Å². The van der Waals surface area contributed by atoms with Crippen LogP contribution in [0.1, 0.15) is 33.1 Å². The van der Waals surface area contributed by atoms with Crippen molar-refractivity contribution in [2.45, 2.75) is 33.1 Å². The maximum Gasteiger partial charge on any atom is 0.000451 e. The van der Waals surface area contributed by atoms with Gasteiger partial charge in [-0.25, -0.2) is 0 Å². The normalized spacial score (nSPS) is 20.1. The molecule has 17 heavy (non-hydrogen) atoms. The van der Waals surface area contributed by atoms with E-state index in [0.29, 0.717) is 5.41 Å². The Morgan fingerprint density at radius 2 is 1.82 bits per heavy atom. The number of rotatable bonds is 6. The molecule has 0 saturated carbocycles. The quantitative estimate of drug-likeness (QED) is 0.767. The Hall–Kier alpha value is -0.120.